The van der Waals surface area contributed by atoms with Crippen LogP contribution in [0, 0.1) is 17.7 Å². The zero-order valence-corrected chi connectivity index (χ0v) is 12.9. The highest BCUT2D eigenvalue weighted by molar-refractivity contribution is 5.38. The second-order valence-electron chi connectivity index (χ2n) is 5.81. The average molecular weight is 289 g/mol. The van der Waals surface area contributed by atoms with E-state index in [2.05, 4.69) is 35.7 Å². The van der Waals surface area contributed by atoms with Gasteiger partial charge < -0.3 is 10.6 Å². The Balaban J connectivity index is 2.05. The molecule has 0 bridgehead atoms. The summed E-state index contributed by atoms with van der Waals surface area (Å²) < 4.78 is 13.7. The summed E-state index contributed by atoms with van der Waals surface area (Å²) in [5.41, 5.74) is 6.90. The van der Waals surface area contributed by atoms with Crippen LogP contribution in [-0.2, 0) is 6.54 Å². The van der Waals surface area contributed by atoms with Gasteiger partial charge in [-0.3, -0.25) is 4.90 Å². The van der Waals surface area contributed by atoms with E-state index in [0.29, 0.717) is 11.6 Å². The molecule has 1 aliphatic heterocycles. The van der Waals surface area contributed by atoms with Crippen molar-refractivity contribution in [3.8, 4) is 11.8 Å². The molecule has 114 valence electrons. The minimum absolute atomic E-state index is 0.250. The Morgan fingerprint density at radius 1 is 1.43 bits per heavy atom. The highest BCUT2D eigenvalue weighted by atomic mass is 19.1. The van der Waals surface area contributed by atoms with Crippen LogP contribution in [0.25, 0.3) is 0 Å². The first-order chi connectivity index (χ1) is 10.1. The molecule has 1 atom stereocenters. The van der Waals surface area contributed by atoms with Crippen molar-refractivity contribution < 1.29 is 4.39 Å². The molecule has 0 amide bonds. The number of likely N-dealkylation sites (tertiary alicyclic amines) is 1. The van der Waals surface area contributed by atoms with E-state index in [4.69, 9.17) is 5.73 Å². The molecule has 21 heavy (non-hydrogen) atoms. The van der Waals surface area contributed by atoms with Crippen LogP contribution >= 0.6 is 0 Å². The van der Waals surface area contributed by atoms with Crippen molar-refractivity contribution >= 4 is 0 Å². The minimum Gasteiger partial charge on any atom is -0.320 e. The van der Waals surface area contributed by atoms with Crippen molar-refractivity contribution in [2.75, 3.05) is 33.7 Å². The number of rotatable bonds is 3. The molecule has 2 rings (SSSR count). The molecule has 4 heteroatoms. The average Bonchev–Trinajstić information content (AvgIpc) is 2.48. The molecule has 2 N–H and O–H groups in total. The molecule has 1 unspecified atom stereocenters. The molecule has 1 aromatic rings. The Bertz CT molecular complexity index is 531. The van der Waals surface area contributed by atoms with Crippen LogP contribution < -0.4 is 5.73 Å². The van der Waals surface area contributed by atoms with Gasteiger partial charge in [0.15, 0.2) is 0 Å². The molecule has 1 aromatic carbocycles. The van der Waals surface area contributed by atoms with Gasteiger partial charge in [0.25, 0.3) is 0 Å². The fourth-order valence-electron chi connectivity index (χ4n) is 2.77. The number of nitrogens with two attached hydrogens (primary N) is 1. The summed E-state index contributed by atoms with van der Waals surface area (Å²) in [4.78, 5) is 4.72. The number of hydrogen-bond acceptors (Lipinski definition) is 3. The van der Waals surface area contributed by atoms with Crippen molar-refractivity contribution in [3.05, 3.63) is 35.1 Å². The zero-order valence-electron chi connectivity index (χ0n) is 12.9. The van der Waals surface area contributed by atoms with E-state index in [9.17, 15) is 4.39 Å². The predicted molar refractivity (Wildman–Crippen MR) is 84.3 cm³/mol. The summed E-state index contributed by atoms with van der Waals surface area (Å²) >= 11 is 0. The topological polar surface area (TPSA) is 32.5 Å². The van der Waals surface area contributed by atoms with E-state index < -0.39 is 0 Å². The van der Waals surface area contributed by atoms with Gasteiger partial charge in [0.1, 0.15) is 5.82 Å². The zero-order chi connectivity index (χ0) is 15.2. The van der Waals surface area contributed by atoms with Crippen molar-refractivity contribution in [1.29, 1.82) is 0 Å². The number of nitrogens with zero attached hydrogens (tertiary/aromatic N) is 2. The second kappa shape index (κ2) is 7.56. The normalized spacial score (nSPS) is 19.4. The Kier molecular flexibility index (Phi) is 5.75. The number of hydrogen-bond donors (Lipinski definition) is 1. The molecule has 0 aliphatic carbocycles. The maximum absolute atomic E-state index is 13.7. The van der Waals surface area contributed by atoms with Crippen LogP contribution in [0.15, 0.2) is 18.2 Å². The fraction of sp³-hybridized carbons (Fsp3) is 0.529. The number of piperidine rings is 1. The van der Waals surface area contributed by atoms with Gasteiger partial charge >= 0.3 is 0 Å². The fourth-order valence-corrected chi connectivity index (χ4v) is 2.77. The van der Waals surface area contributed by atoms with Gasteiger partial charge in [-0.25, -0.2) is 4.39 Å². The highest BCUT2D eigenvalue weighted by Crippen LogP contribution is 2.17. The molecule has 0 aromatic heterocycles. The summed E-state index contributed by atoms with van der Waals surface area (Å²) in [7, 11) is 4.26. The number of likely N-dealkylation sites (N-methyl/N-ethyl adjacent to an activating group) is 1. The maximum atomic E-state index is 13.7. The van der Waals surface area contributed by atoms with Crippen LogP contribution in [0.3, 0.4) is 0 Å². The molecule has 3 nitrogen and oxygen atoms in total. The molecule has 1 saturated heterocycles. The summed E-state index contributed by atoms with van der Waals surface area (Å²) in [6.45, 7) is 3.27. The van der Waals surface area contributed by atoms with Gasteiger partial charge in [-0.05, 0) is 51.2 Å². The van der Waals surface area contributed by atoms with Crippen molar-refractivity contribution in [3.63, 3.8) is 0 Å². The third-order valence-corrected chi connectivity index (χ3v) is 3.97. The molecular formula is C17H24FN3. The first-order valence-corrected chi connectivity index (χ1v) is 7.46. The standard InChI is InChI=1S/C17H24FN3/c1-20(2)16-6-4-10-21(13-16)12-14-7-8-17(18)15(11-14)5-3-9-19/h7-8,11,16H,4,6,9-10,12-13,19H2,1-2H3. The number of benzene rings is 1. The van der Waals surface area contributed by atoms with E-state index in [1.165, 1.54) is 18.9 Å². The van der Waals surface area contributed by atoms with Crippen molar-refractivity contribution in [1.82, 2.24) is 9.80 Å². The summed E-state index contributed by atoms with van der Waals surface area (Å²) in [6, 6.07) is 5.80. The van der Waals surface area contributed by atoms with Gasteiger partial charge in [-0.2, -0.15) is 0 Å². The van der Waals surface area contributed by atoms with E-state index >= 15 is 0 Å². The van der Waals surface area contributed by atoms with Gasteiger partial charge in [-0.15, -0.1) is 0 Å². The molecule has 1 fully saturated rings. The summed E-state index contributed by atoms with van der Waals surface area (Å²) in [6.07, 6.45) is 2.46. The smallest absolute Gasteiger partial charge is 0.138 e. The Morgan fingerprint density at radius 2 is 2.24 bits per heavy atom. The molecule has 0 spiro atoms. The lowest BCUT2D eigenvalue weighted by Crippen LogP contribution is -2.44. The number of halogens is 1. The maximum Gasteiger partial charge on any atom is 0.138 e. The quantitative estimate of drug-likeness (QED) is 0.859. The van der Waals surface area contributed by atoms with Crippen molar-refractivity contribution in [2.24, 2.45) is 5.73 Å². The molecule has 1 aliphatic rings. The van der Waals surface area contributed by atoms with Gasteiger partial charge in [0.05, 0.1) is 12.1 Å². The van der Waals surface area contributed by atoms with Gasteiger partial charge in [0, 0.05) is 19.1 Å². The third kappa shape index (κ3) is 4.53. The summed E-state index contributed by atoms with van der Waals surface area (Å²) in [5, 5.41) is 0. The first kappa shape index (κ1) is 16.0. The highest BCUT2D eigenvalue weighted by Gasteiger charge is 2.21. The van der Waals surface area contributed by atoms with Gasteiger partial charge in [0.2, 0.25) is 0 Å². The van der Waals surface area contributed by atoms with Crippen molar-refractivity contribution in [2.45, 2.75) is 25.4 Å². The van der Waals surface area contributed by atoms with E-state index in [1.54, 1.807) is 0 Å². The van der Waals surface area contributed by atoms with Crippen LogP contribution in [0.1, 0.15) is 24.0 Å². The summed E-state index contributed by atoms with van der Waals surface area (Å²) in [5.74, 6) is 5.24. The second-order valence-corrected chi connectivity index (χ2v) is 5.81. The predicted octanol–water partition coefficient (Wildman–Crippen LogP) is 1.66. The Hall–Kier alpha value is -1.41. The first-order valence-electron chi connectivity index (χ1n) is 7.46. The molecule has 1 heterocycles. The van der Waals surface area contributed by atoms with Crippen LogP contribution in [-0.4, -0.2) is 49.6 Å². The largest absolute Gasteiger partial charge is 0.320 e. The van der Waals surface area contributed by atoms with Crippen LogP contribution in [0.2, 0.25) is 0 Å². The van der Waals surface area contributed by atoms with Gasteiger partial charge in [-0.1, -0.05) is 17.9 Å². The lowest BCUT2D eigenvalue weighted by Gasteiger charge is -2.36. The Morgan fingerprint density at radius 3 is 2.95 bits per heavy atom. The van der Waals surface area contributed by atoms with Crippen LogP contribution in [0.4, 0.5) is 4.39 Å². The third-order valence-electron chi connectivity index (χ3n) is 3.97. The van der Waals surface area contributed by atoms with E-state index in [1.807, 2.05) is 12.1 Å². The monoisotopic (exact) mass is 289 g/mol. The van der Waals surface area contributed by atoms with E-state index in [-0.39, 0.29) is 12.4 Å². The van der Waals surface area contributed by atoms with E-state index in [0.717, 1.165) is 25.2 Å². The molecular weight excluding hydrogens is 265 g/mol. The SMILES string of the molecule is CN(C)C1CCCN(Cc2ccc(F)c(C#CCN)c2)C1. The minimum atomic E-state index is -0.274. The molecule has 0 radical (unpaired) electrons. The lowest BCUT2D eigenvalue weighted by molar-refractivity contribution is 0.128. The lowest BCUT2D eigenvalue weighted by atomic mass is 10.0. The Labute approximate surface area is 126 Å². The molecule has 0 saturated carbocycles. The van der Waals surface area contributed by atoms with Crippen LogP contribution in [0.5, 0.6) is 0 Å².